The largest absolute Gasteiger partial charge is 0.387 e. The number of nitrogens with zero attached hydrogens (tertiary/aromatic N) is 1. The van der Waals surface area contributed by atoms with Crippen molar-refractivity contribution in [2.24, 2.45) is 0 Å². The van der Waals surface area contributed by atoms with Gasteiger partial charge < -0.3 is 15.2 Å². The highest BCUT2D eigenvalue weighted by atomic mass is 35.5. The number of hydrogen-bond acceptors (Lipinski definition) is 4. The van der Waals surface area contributed by atoms with Crippen molar-refractivity contribution in [2.45, 2.75) is 25.4 Å². The lowest BCUT2D eigenvalue weighted by molar-refractivity contribution is -0.122. The number of carbonyl (C=O) groups is 1. The van der Waals surface area contributed by atoms with Crippen LogP contribution in [-0.2, 0) is 16.0 Å². The van der Waals surface area contributed by atoms with Gasteiger partial charge in [0, 0.05) is 37.6 Å². The second-order valence-corrected chi connectivity index (χ2v) is 6.66. The van der Waals surface area contributed by atoms with Gasteiger partial charge in [-0.1, -0.05) is 29.8 Å². The average molecular weight is 341 g/mol. The molecule has 1 atom stereocenters. The molecule has 0 aromatic heterocycles. The molecule has 0 bridgehead atoms. The predicted octanol–water partition coefficient (Wildman–Crippen LogP) is 1.47. The summed E-state index contributed by atoms with van der Waals surface area (Å²) in [7, 11) is 0. The van der Waals surface area contributed by atoms with E-state index in [1.807, 2.05) is 24.3 Å². The average Bonchev–Trinajstić information content (AvgIpc) is 2.53. The summed E-state index contributed by atoms with van der Waals surface area (Å²) >= 11 is 6.08. The summed E-state index contributed by atoms with van der Waals surface area (Å²) in [6.07, 6.45) is 0.953. The maximum atomic E-state index is 12.0. The lowest BCUT2D eigenvalue weighted by Gasteiger charge is -2.33. The van der Waals surface area contributed by atoms with Gasteiger partial charge in [-0.2, -0.15) is 0 Å². The summed E-state index contributed by atoms with van der Waals surface area (Å²) in [6.45, 7) is 5.54. The number of β-amino-alcohol motifs (C(OH)–C–C–N with tert-alkyl or cyclic N) is 1. The van der Waals surface area contributed by atoms with Crippen LogP contribution in [0, 0.1) is 0 Å². The predicted molar refractivity (Wildman–Crippen MR) is 90.7 cm³/mol. The van der Waals surface area contributed by atoms with Crippen molar-refractivity contribution in [1.29, 1.82) is 0 Å². The van der Waals surface area contributed by atoms with Crippen LogP contribution in [0.1, 0.15) is 18.9 Å². The van der Waals surface area contributed by atoms with Crippen molar-refractivity contribution in [2.75, 3.05) is 39.4 Å². The van der Waals surface area contributed by atoms with Crippen LogP contribution in [0.4, 0.5) is 0 Å². The molecular formula is C17H25ClN2O3. The van der Waals surface area contributed by atoms with Gasteiger partial charge in [0.15, 0.2) is 0 Å². The third-order valence-corrected chi connectivity index (χ3v) is 4.28. The van der Waals surface area contributed by atoms with Gasteiger partial charge in [0.25, 0.3) is 0 Å². The number of benzene rings is 1. The van der Waals surface area contributed by atoms with Crippen molar-refractivity contribution in [3.63, 3.8) is 0 Å². The first-order valence-electron chi connectivity index (χ1n) is 7.99. The normalized spacial score (nSPS) is 18.4. The third-order valence-electron chi connectivity index (χ3n) is 3.91. The van der Waals surface area contributed by atoms with E-state index in [1.54, 1.807) is 6.92 Å². The minimum Gasteiger partial charge on any atom is -0.387 e. The monoisotopic (exact) mass is 340 g/mol. The Kier molecular flexibility index (Phi) is 6.84. The molecule has 1 aromatic carbocycles. The van der Waals surface area contributed by atoms with Crippen LogP contribution in [-0.4, -0.2) is 60.9 Å². The standard InChI is InChI=1S/C17H25ClN2O3/c1-17(22,13-20-8-10-23-11-9-20)12-19-16(21)7-6-14-4-2-3-5-15(14)18/h2-5,22H,6-13H2,1H3,(H,19,21). The molecule has 5 nitrogen and oxygen atoms in total. The highest BCUT2D eigenvalue weighted by Gasteiger charge is 2.25. The summed E-state index contributed by atoms with van der Waals surface area (Å²) in [5, 5.41) is 13.9. The van der Waals surface area contributed by atoms with Crippen LogP contribution >= 0.6 is 11.6 Å². The van der Waals surface area contributed by atoms with E-state index in [4.69, 9.17) is 16.3 Å². The van der Waals surface area contributed by atoms with E-state index in [9.17, 15) is 9.90 Å². The molecule has 0 spiro atoms. The van der Waals surface area contributed by atoms with Crippen molar-refractivity contribution in [3.05, 3.63) is 34.9 Å². The molecule has 2 N–H and O–H groups in total. The molecule has 2 rings (SSSR count). The van der Waals surface area contributed by atoms with Crippen molar-refractivity contribution < 1.29 is 14.6 Å². The quantitative estimate of drug-likeness (QED) is 0.789. The molecule has 23 heavy (non-hydrogen) atoms. The first-order valence-corrected chi connectivity index (χ1v) is 8.37. The summed E-state index contributed by atoms with van der Waals surface area (Å²) in [5.74, 6) is -0.0767. The van der Waals surface area contributed by atoms with Crippen LogP contribution < -0.4 is 5.32 Å². The molecular weight excluding hydrogens is 316 g/mol. The fraction of sp³-hybridized carbons (Fsp3) is 0.588. The maximum absolute atomic E-state index is 12.0. The molecule has 0 radical (unpaired) electrons. The Bertz CT molecular complexity index is 516. The smallest absolute Gasteiger partial charge is 0.220 e. The van der Waals surface area contributed by atoms with Gasteiger partial charge in [0.2, 0.25) is 5.91 Å². The molecule has 1 aromatic rings. The van der Waals surface area contributed by atoms with Crippen molar-refractivity contribution >= 4 is 17.5 Å². The molecule has 1 aliphatic heterocycles. The second-order valence-electron chi connectivity index (χ2n) is 6.25. The molecule has 0 saturated carbocycles. The number of morpholine rings is 1. The summed E-state index contributed by atoms with van der Waals surface area (Å²) in [6, 6.07) is 7.52. The van der Waals surface area contributed by atoms with Crippen molar-refractivity contribution in [3.8, 4) is 0 Å². The lowest BCUT2D eigenvalue weighted by Crippen LogP contribution is -2.51. The number of nitrogens with one attached hydrogen (secondary N) is 1. The van der Waals surface area contributed by atoms with Crippen LogP contribution in [0.5, 0.6) is 0 Å². The van der Waals surface area contributed by atoms with E-state index < -0.39 is 5.60 Å². The van der Waals surface area contributed by atoms with Crippen molar-refractivity contribution in [1.82, 2.24) is 10.2 Å². The molecule has 6 heteroatoms. The molecule has 0 aliphatic carbocycles. The Morgan fingerprint density at radius 1 is 1.39 bits per heavy atom. The number of carbonyl (C=O) groups excluding carboxylic acids is 1. The number of aryl methyl sites for hydroxylation is 1. The van der Waals surface area contributed by atoms with Crippen LogP contribution in [0.25, 0.3) is 0 Å². The fourth-order valence-corrected chi connectivity index (χ4v) is 2.85. The Morgan fingerprint density at radius 3 is 2.78 bits per heavy atom. The van der Waals surface area contributed by atoms with E-state index in [2.05, 4.69) is 10.2 Å². The van der Waals surface area contributed by atoms with E-state index >= 15 is 0 Å². The van der Waals surface area contributed by atoms with E-state index in [-0.39, 0.29) is 12.5 Å². The van der Waals surface area contributed by atoms with Gasteiger partial charge in [0.05, 0.1) is 18.8 Å². The van der Waals surface area contributed by atoms with E-state index in [0.717, 1.165) is 18.7 Å². The number of ether oxygens (including phenoxy) is 1. The van der Waals surface area contributed by atoms with Gasteiger partial charge >= 0.3 is 0 Å². The molecule has 1 fully saturated rings. The highest BCUT2D eigenvalue weighted by molar-refractivity contribution is 6.31. The summed E-state index contributed by atoms with van der Waals surface area (Å²) in [5.41, 5.74) is 0.0154. The highest BCUT2D eigenvalue weighted by Crippen LogP contribution is 2.16. The lowest BCUT2D eigenvalue weighted by atomic mass is 10.1. The van der Waals surface area contributed by atoms with E-state index in [0.29, 0.717) is 37.6 Å². The number of rotatable bonds is 7. The van der Waals surface area contributed by atoms with Gasteiger partial charge in [0.1, 0.15) is 0 Å². The number of amides is 1. The Hall–Kier alpha value is -1.14. The number of halogens is 1. The van der Waals surface area contributed by atoms with Gasteiger partial charge in [-0.3, -0.25) is 9.69 Å². The molecule has 1 unspecified atom stereocenters. The summed E-state index contributed by atoms with van der Waals surface area (Å²) < 4.78 is 5.29. The number of aliphatic hydroxyl groups is 1. The van der Waals surface area contributed by atoms with Crippen LogP contribution in [0.3, 0.4) is 0 Å². The SMILES string of the molecule is CC(O)(CNC(=O)CCc1ccccc1Cl)CN1CCOCC1. The number of hydrogen-bond donors (Lipinski definition) is 2. The Morgan fingerprint density at radius 2 is 2.09 bits per heavy atom. The topological polar surface area (TPSA) is 61.8 Å². The summed E-state index contributed by atoms with van der Waals surface area (Å²) in [4.78, 5) is 14.1. The molecule has 1 aliphatic rings. The zero-order valence-electron chi connectivity index (χ0n) is 13.6. The first kappa shape index (κ1) is 18.2. The first-order chi connectivity index (χ1) is 11.0. The molecule has 1 amide bonds. The van der Waals surface area contributed by atoms with Gasteiger partial charge in [-0.05, 0) is 25.0 Å². The molecule has 1 saturated heterocycles. The zero-order valence-corrected chi connectivity index (χ0v) is 14.3. The maximum Gasteiger partial charge on any atom is 0.220 e. The molecule has 1 heterocycles. The Labute approximate surface area is 142 Å². The van der Waals surface area contributed by atoms with E-state index in [1.165, 1.54) is 0 Å². The zero-order chi connectivity index (χ0) is 16.7. The minimum atomic E-state index is -0.947. The van der Waals surface area contributed by atoms with Gasteiger partial charge in [-0.25, -0.2) is 0 Å². The third kappa shape index (κ3) is 6.47. The van der Waals surface area contributed by atoms with Crippen LogP contribution in [0.15, 0.2) is 24.3 Å². The second kappa shape index (κ2) is 8.64. The fourth-order valence-electron chi connectivity index (χ4n) is 2.62. The van der Waals surface area contributed by atoms with Gasteiger partial charge in [-0.15, -0.1) is 0 Å². The Balaban J connectivity index is 1.71. The van der Waals surface area contributed by atoms with Crippen LogP contribution in [0.2, 0.25) is 5.02 Å². The molecule has 128 valence electrons. The minimum absolute atomic E-state index is 0.0767.